The SMILES string of the molecule is CN1[C@@H]2CC(Oc3nc4ccccc4n3-c3ccccc3)C[C@H]1[C@@H]1O[C@@H]12. The van der Waals surface area contributed by atoms with Crippen molar-refractivity contribution in [1.29, 1.82) is 0 Å². The van der Waals surface area contributed by atoms with Crippen molar-refractivity contribution in [2.45, 2.75) is 43.2 Å². The van der Waals surface area contributed by atoms with E-state index in [0.717, 1.165) is 29.6 Å². The lowest BCUT2D eigenvalue weighted by Crippen LogP contribution is -2.48. The first-order valence-corrected chi connectivity index (χ1v) is 9.36. The summed E-state index contributed by atoms with van der Waals surface area (Å²) in [5.41, 5.74) is 3.13. The van der Waals surface area contributed by atoms with Gasteiger partial charge in [-0.2, -0.15) is 4.98 Å². The Bertz CT molecular complexity index is 952. The summed E-state index contributed by atoms with van der Waals surface area (Å²) in [6.07, 6.45) is 3.05. The second-order valence-corrected chi connectivity index (χ2v) is 7.63. The number of fused-ring (bicyclic) bond motifs is 6. The molecule has 3 aromatic rings. The van der Waals surface area contributed by atoms with Gasteiger partial charge in [-0.1, -0.05) is 30.3 Å². The fourth-order valence-electron chi connectivity index (χ4n) is 4.86. The third-order valence-electron chi connectivity index (χ3n) is 6.19. The van der Waals surface area contributed by atoms with Gasteiger partial charge >= 0.3 is 6.01 Å². The van der Waals surface area contributed by atoms with Gasteiger partial charge in [-0.15, -0.1) is 0 Å². The van der Waals surface area contributed by atoms with Gasteiger partial charge in [0.15, 0.2) is 0 Å². The van der Waals surface area contributed by atoms with Gasteiger partial charge in [0.25, 0.3) is 0 Å². The van der Waals surface area contributed by atoms with Crippen molar-refractivity contribution in [2.75, 3.05) is 7.05 Å². The van der Waals surface area contributed by atoms with Crippen LogP contribution in [0.4, 0.5) is 0 Å². The van der Waals surface area contributed by atoms with Gasteiger partial charge in [-0.05, 0) is 31.3 Å². The van der Waals surface area contributed by atoms with Crippen LogP contribution in [0, 0.1) is 0 Å². The summed E-state index contributed by atoms with van der Waals surface area (Å²) in [7, 11) is 2.22. The molecule has 26 heavy (non-hydrogen) atoms. The molecular formula is C21H21N3O2. The molecule has 0 aliphatic carbocycles. The molecule has 1 unspecified atom stereocenters. The van der Waals surface area contributed by atoms with Crippen LogP contribution in [0.15, 0.2) is 54.6 Å². The Morgan fingerprint density at radius 2 is 1.65 bits per heavy atom. The molecule has 0 saturated carbocycles. The van der Waals surface area contributed by atoms with E-state index in [4.69, 9.17) is 14.5 Å². The topological polar surface area (TPSA) is 42.8 Å². The molecule has 3 aliphatic heterocycles. The largest absolute Gasteiger partial charge is 0.461 e. The zero-order valence-electron chi connectivity index (χ0n) is 14.7. The van der Waals surface area contributed by atoms with Crippen LogP contribution in [0.3, 0.4) is 0 Å². The van der Waals surface area contributed by atoms with Crippen molar-refractivity contribution < 1.29 is 9.47 Å². The Morgan fingerprint density at radius 3 is 2.42 bits per heavy atom. The average Bonchev–Trinajstić information content (AvgIpc) is 3.33. The number of aromatic nitrogens is 2. The van der Waals surface area contributed by atoms with E-state index in [9.17, 15) is 0 Å². The van der Waals surface area contributed by atoms with Crippen LogP contribution in [-0.4, -0.2) is 51.9 Å². The maximum atomic E-state index is 6.49. The molecule has 3 saturated heterocycles. The fourth-order valence-corrected chi connectivity index (χ4v) is 4.86. The molecule has 2 aromatic carbocycles. The molecule has 3 aliphatic rings. The quantitative estimate of drug-likeness (QED) is 0.683. The van der Waals surface area contributed by atoms with Gasteiger partial charge in [0, 0.05) is 24.9 Å². The Balaban J connectivity index is 1.38. The van der Waals surface area contributed by atoms with E-state index in [1.54, 1.807) is 0 Å². The number of imidazole rings is 1. The molecule has 0 N–H and O–H groups in total. The normalized spacial score (nSPS) is 32.6. The van der Waals surface area contributed by atoms with E-state index < -0.39 is 0 Å². The second-order valence-electron chi connectivity index (χ2n) is 7.63. The summed E-state index contributed by atoms with van der Waals surface area (Å²) >= 11 is 0. The molecule has 6 rings (SSSR count). The third kappa shape index (κ3) is 2.07. The van der Waals surface area contributed by atoms with Crippen LogP contribution < -0.4 is 4.74 Å². The lowest BCUT2D eigenvalue weighted by atomic mass is 9.99. The number of rotatable bonds is 3. The van der Waals surface area contributed by atoms with Gasteiger partial charge in [-0.3, -0.25) is 9.47 Å². The maximum absolute atomic E-state index is 6.49. The van der Waals surface area contributed by atoms with E-state index in [0.29, 0.717) is 30.3 Å². The minimum atomic E-state index is 0.192. The van der Waals surface area contributed by atoms with Crippen molar-refractivity contribution in [3.05, 3.63) is 54.6 Å². The Morgan fingerprint density at radius 1 is 0.962 bits per heavy atom. The highest BCUT2D eigenvalue weighted by atomic mass is 16.6. The van der Waals surface area contributed by atoms with Crippen molar-refractivity contribution in [1.82, 2.24) is 14.5 Å². The number of epoxide rings is 1. The molecule has 0 spiro atoms. The molecule has 5 heteroatoms. The van der Waals surface area contributed by atoms with Crippen molar-refractivity contribution in [3.63, 3.8) is 0 Å². The molecular weight excluding hydrogens is 326 g/mol. The molecule has 4 heterocycles. The number of hydrogen-bond donors (Lipinski definition) is 0. The van der Waals surface area contributed by atoms with E-state index in [2.05, 4.69) is 46.8 Å². The lowest BCUT2D eigenvalue weighted by Gasteiger charge is -2.37. The van der Waals surface area contributed by atoms with Crippen LogP contribution >= 0.6 is 0 Å². The first-order valence-electron chi connectivity index (χ1n) is 9.36. The summed E-state index contributed by atoms with van der Waals surface area (Å²) in [5, 5.41) is 0. The first kappa shape index (κ1) is 14.8. The minimum Gasteiger partial charge on any atom is -0.461 e. The number of para-hydroxylation sites is 3. The van der Waals surface area contributed by atoms with Crippen molar-refractivity contribution in [3.8, 4) is 11.7 Å². The maximum Gasteiger partial charge on any atom is 0.302 e. The number of ether oxygens (including phenoxy) is 2. The highest BCUT2D eigenvalue weighted by Gasteiger charge is 2.62. The van der Waals surface area contributed by atoms with Gasteiger partial charge in [0.05, 0.1) is 16.7 Å². The summed E-state index contributed by atoms with van der Waals surface area (Å²) < 4.78 is 14.4. The highest BCUT2D eigenvalue weighted by Crippen LogP contribution is 2.48. The zero-order chi connectivity index (χ0) is 17.3. The van der Waals surface area contributed by atoms with Crippen LogP contribution in [0.1, 0.15) is 12.8 Å². The number of likely N-dealkylation sites (N-methyl/N-ethyl adjacent to an activating group) is 1. The predicted octanol–water partition coefficient (Wildman–Crippen LogP) is 3.02. The lowest BCUT2D eigenvalue weighted by molar-refractivity contribution is 0.00840. The Hall–Kier alpha value is -2.37. The van der Waals surface area contributed by atoms with E-state index in [1.165, 1.54) is 0 Å². The standard InChI is InChI=1S/C21H21N3O2/c1-23-17-11-14(12-18(23)20-19(17)26-20)25-21-22-15-9-5-6-10-16(15)24(21)13-7-3-2-4-8-13/h2-10,14,17-20H,11-12H2,1H3/t14?,17-,18+,19-,20+. The fraction of sp³-hybridized carbons (Fsp3) is 0.381. The van der Waals surface area contributed by atoms with Crippen LogP contribution in [0.2, 0.25) is 0 Å². The number of piperidine rings is 1. The Kier molecular flexibility index (Phi) is 3.02. The van der Waals surface area contributed by atoms with Crippen LogP contribution in [-0.2, 0) is 4.74 Å². The van der Waals surface area contributed by atoms with E-state index in [1.807, 2.05) is 24.3 Å². The van der Waals surface area contributed by atoms with Crippen LogP contribution in [0.5, 0.6) is 6.01 Å². The zero-order valence-corrected chi connectivity index (χ0v) is 14.7. The van der Waals surface area contributed by atoms with Gasteiger partial charge in [-0.25, -0.2) is 0 Å². The summed E-state index contributed by atoms with van der Waals surface area (Å²) in [6.45, 7) is 0. The molecule has 5 atom stereocenters. The van der Waals surface area contributed by atoms with Crippen molar-refractivity contribution >= 4 is 11.0 Å². The second kappa shape index (κ2) is 5.32. The molecule has 0 radical (unpaired) electrons. The summed E-state index contributed by atoms with van der Waals surface area (Å²) in [6, 6.07) is 20.2. The summed E-state index contributed by atoms with van der Waals surface area (Å²) in [4.78, 5) is 7.28. The minimum absolute atomic E-state index is 0.192. The monoisotopic (exact) mass is 347 g/mol. The summed E-state index contributed by atoms with van der Waals surface area (Å²) in [5.74, 6) is 0. The van der Waals surface area contributed by atoms with Gasteiger partial charge < -0.3 is 9.47 Å². The number of benzene rings is 2. The van der Waals surface area contributed by atoms with E-state index in [-0.39, 0.29) is 6.10 Å². The Labute approximate surface area is 152 Å². The number of morpholine rings is 1. The molecule has 0 amide bonds. The van der Waals surface area contributed by atoms with Crippen molar-refractivity contribution in [2.24, 2.45) is 0 Å². The van der Waals surface area contributed by atoms with Gasteiger partial charge in [0.2, 0.25) is 0 Å². The molecule has 1 aromatic heterocycles. The van der Waals surface area contributed by atoms with Crippen LogP contribution in [0.25, 0.3) is 16.7 Å². The first-order chi connectivity index (χ1) is 12.8. The predicted molar refractivity (Wildman–Crippen MR) is 98.7 cm³/mol. The molecule has 132 valence electrons. The average molecular weight is 347 g/mol. The number of nitrogens with zero attached hydrogens (tertiary/aromatic N) is 3. The molecule has 3 fully saturated rings. The van der Waals surface area contributed by atoms with Gasteiger partial charge in [0.1, 0.15) is 18.3 Å². The number of hydrogen-bond acceptors (Lipinski definition) is 4. The van der Waals surface area contributed by atoms with E-state index >= 15 is 0 Å². The smallest absolute Gasteiger partial charge is 0.302 e. The molecule has 5 nitrogen and oxygen atoms in total. The molecule has 2 bridgehead atoms. The highest BCUT2D eigenvalue weighted by molar-refractivity contribution is 5.79. The third-order valence-corrected chi connectivity index (χ3v) is 6.19.